The number of aliphatic hydroxyl groups is 1. The van der Waals surface area contributed by atoms with Crippen LogP contribution in [0.1, 0.15) is 0 Å². The van der Waals surface area contributed by atoms with Crippen LogP contribution >= 0.6 is 11.6 Å². The first kappa shape index (κ1) is 11.7. The van der Waals surface area contributed by atoms with Crippen LogP contribution in [0.5, 0.6) is 0 Å². The Morgan fingerprint density at radius 3 is 2.38 bits per heavy atom. The van der Waals surface area contributed by atoms with Crippen LogP contribution in [0.15, 0.2) is 24.3 Å². The van der Waals surface area contributed by atoms with E-state index in [2.05, 4.69) is 5.32 Å². The molecule has 1 heterocycles. The van der Waals surface area contributed by atoms with Crippen LogP contribution in [-0.2, 0) is 9.84 Å². The number of benzene rings is 1. The Balaban J connectivity index is 2.08. The van der Waals surface area contributed by atoms with Crippen molar-refractivity contribution in [2.75, 3.05) is 16.8 Å². The lowest BCUT2D eigenvalue weighted by molar-refractivity contribution is 0.190. The number of rotatable bonds is 2. The zero-order valence-corrected chi connectivity index (χ0v) is 10.0. The number of anilines is 1. The number of nitrogens with one attached hydrogen (secondary N) is 1. The van der Waals surface area contributed by atoms with E-state index in [-0.39, 0.29) is 11.5 Å². The molecule has 1 saturated heterocycles. The molecule has 0 aliphatic carbocycles. The highest BCUT2D eigenvalue weighted by Gasteiger charge is 2.36. The van der Waals surface area contributed by atoms with Crippen molar-refractivity contribution in [1.29, 1.82) is 0 Å². The van der Waals surface area contributed by atoms with Crippen LogP contribution < -0.4 is 5.32 Å². The van der Waals surface area contributed by atoms with Crippen molar-refractivity contribution >= 4 is 27.1 Å². The van der Waals surface area contributed by atoms with Gasteiger partial charge in [0.1, 0.15) is 0 Å². The van der Waals surface area contributed by atoms with E-state index < -0.39 is 22.0 Å². The summed E-state index contributed by atoms with van der Waals surface area (Å²) in [6, 6.07) is 6.48. The molecule has 88 valence electrons. The summed E-state index contributed by atoms with van der Waals surface area (Å²) in [5.41, 5.74) is 0.755. The fourth-order valence-corrected chi connectivity index (χ4v) is 3.59. The van der Waals surface area contributed by atoms with E-state index in [9.17, 15) is 13.5 Å². The fourth-order valence-electron chi connectivity index (χ4n) is 1.73. The zero-order valence-electron chi connectivity index (χ0n) is 8.43. The predicted molar refractivity (Wildman–Crippen MR) is 63.5 cm³/mol. The van der Waals surface area contributed by atoms with E-state index in [1.54, 1.807) is 24.3 Å². The summed E-state index contributed by atoms with van der Waals surface area (Å²) in [6.45, 7) is 0. The van der Waals surface area contributed by atoms with Gasteiger partial charge in [0.2, 0.25) is 0 Å². The van der Waals surface area contributed by atoms with Gasteiger partial charge in [-0.25, -0.2) is 8.42 Å². The Morgan fingerprint density at radius 1 is 1.25 bits per heavy atom. The summed E-state index contributed by atoms with van der Waals surface area (Å²) in [6.07, 6.45) is -0.847. The van der Waals surface area contributed by atoms with E-state index in [4.69, 9.17) is 11.6 Å². The summed E-state index contributed by atoms with van der Waals surface area (Å²) in [5, 5.41) is 13.2. The van der Waals surface area contributed by atoms with E-state index >= 15 is 0 Å². The van der Waals surface area contributed by atoms with Gasteiger partial charge >= 0.3 is 0 Å². The molecule has 1 fully saturated rings. The second kappa shape index (κ2) is 4.24. The number of halogens is 1. The summed E-state index contributed by atoms with van der Waals surface area (Å²) >= 11 is 5.73. The average molecular weight is 262 g/mol. The third-order valence-corrected chi connectivity index (χ3v) is 4.49. The minimum absolute atomic E-state index is 0.0310. The number of hydrogen-bond donors (Lipinski definition) is 2. The van der Waals surface area contributed by atoms with E-state index in [1.807, 2.05) is 0 Å². The Bertz CT molecular complexity index is 471. The molecule has 6 heteroatoms. The lowest BCUT2D eigenvalue weighted by atomic mass is 10.2. The van der Waals surface area contributed by atoms with Crippen LogP contribution in [-0.4, -0.2) is 37.2 Å². The molecule has 1 aliphatic rings. The van der Waals surface area contributed by atoms with Crippen LogP contribution in [0, 0.1) is 0 Å². The second-order valence-electron chi connectivity index (χ2n) is 3.90. The smallest absolute Gasteiger partial charge is 0.155 e. The summed E-state index contributed by atoms with van der Waals surface area (Å²) in [5.74, 6) is -0.199. The van der Waals surface area contributed by atoms with Gasteiger partial charge in [-0.05, 0) is 24.3 Å². The highest BCUT2D eigenvalue weighted by molar-refractivity contribution is 7.91. The molecule has 2 N–H and O–H groups in total. The van der Waals surface area contributed by atoms with E-state index in [1.165, 1.54) is 0 Å². The van der Waals surface area contributed by atoms with Gasteiger partial charge in [-0.3, -0.25) is 0 Å². The molecule has 1 aromatic rings. The lowest BCUT2D eigenvalue weighted by Gasteiger charge is -2.16. The minimum Gasteiger partial charge on any atom is -0.390 e. The summed E-state index contributed by atoms with van der Waals surface area (Å²) < 4.78 is 22.5. The van der Waals surface area contributed by atoms with Gasteiger partial charge in [0.05, 0.1) is 23.7 Å². The van der Waals surface area contributed by atoms with Crippen LogP contribution in [0.4, 0.5) is 5.69 Å². The lowest BCUT2D eigenvalue weighted by Crippen LogP contribution is -2.31. The van der Waals surface area contributed by atoms with Gasteiger partial charge in [-0.2, -0.15) is 0 Å². The predicted octanol–water partition coefficient (Wildman–Crippen LogP) is 0.910. The molecule has 1 aromatic carbocycles. The van der Waals surface area contributed by atoms with Crippen molar-refractivity contribution in [3.05, 3.63) is 29.3 Å². The molecule has 2 rings (SSSR count). The van der Waals surface area contributed by atoms with Crippen LogP contribution in [0.2, 0.25) is 5.02 Å². The minimum atomic E-state index is -3.11. The molecule has 4 nitrogen and oxygen atoms in total. The first-order chi connectivity index (χ1) is 7.46. The largest absolute Gasteiger partial charge is 0.390 e. The van der Waals surface area contributed by atoms with E-state index in [0.29, 0.717) is 5.02 Å². The van der Waals surface area contributed by atoms with Gasteiger partial charge < -0.3 is 10.4 Å². The first-order valence-electron chi connectivity index (χ1n) is 4.87. The molecular formula is C10H12ClNO3S. The van der Waals surface area contributed by atoms with Gasteiger partial charge in [-0.15, -0.1) is 0 Å². The first-order valence-corrected chi connectivity index (χ1v) is 7.07. The monoisotopic (exact) mass is 261 g/mol. The number of aliphatic hydroxyl groups excluding tert-OH is 1. The highest BCUT2D eigenvalue weighted by Crippen LogP contribution is 2.19. The summed E-state index contributed by atoms with van der Waals surface area (Å²) in [7, 11) is -3.11. The molecule has 0 amide bonds. The van der Waals surface area contributed by atoms with Gasteiger partial charge in [-0.1, -0.05) is 11.6 Å². The van der Waals surface area contributed by atoms with Crippen LogP contribution in [0.25, 0.3) is 0 Å². The third kappa shape index (κ3) is 2.66. The van der Waals surface area contributed by atoms with Crippen molar-refractivity contribution in [3.8, 4) is 0 Å². The van der Waals surface area contributed by atoms with Gasteiger partial charge in [0.25, 0.3) is 0 Å². The normalized spacial score (nSPS) is 27.9. The molecule has 0 saturated carbocycles. The summed E-state index contributed by atoms with van der Waals surface area (Å²) in [4.78, 5) is 0. The molecule has 0 aromatic heterocycles. The van der Waals surface area contributed by atoms with Crippen molar-refractivity contribution < 1.29 is 13.5 Å². The molecule has 0 radical (unpaired) electrons. The Kier molecular flexibility index (Phi) is 3.10. The third-order valence-electron chi connectivity index (χ3n) is 2.52. The fraction of sp³-hybridized carbons (Fsp3) is 0.400. The zero-order chi connectivity index (χ0) is 11.8. The molecule has 0 spiro atoms. The molecule has 0 unspecified atom stereocenters. The standard InChI is InChI=1S/C10H12ClNO3S/c11-7-1-3-8(4-2-7)12-9-5-16(14,15)6-10(9)13/h1-4,9-10,12-13H,5-6H2/t9-,10+/m1/s1. The maximum absolute atomic E-state index is 11.3. The molecule has 1 aliphatic heterocycles. The molecule has 16 heavy (non-hydrogen) atoms. The maximum Gasteiger partial charge on any atom is 0.155 e. The van der Waals surface area contributed by atoms with Crippen molar-refractivity contribution in [2.24, 2.45) is 0 Å². The second-order valence-corrected chi connectivity index (χ2v) is 6.49. The molecular weight excluding hydrogens is 250 g/mol. The molecule has 2 atom stereocenters. The topological polar surface area (TPSA) is 66.4 Å². The molecule has 0 bridgehead atoms. The Morgan fingerprint density at radius 2 is 1.88 bits per heavy atom. The number of sulfone groups is 1. The van der Waals surface area contributed by atoms with Crippen molar-refractivity contribution in [2.45, 2.75) is 12.1 Å². The Labute approximate surface area is 99.2 Å². The van der Waals surface area contributed by atoms with Gasteiger partial charge in [0, 0.05) is 10.7 Å². The van der Waals surface area contributed by atoms with Crippen molar-refractivity contribution in [1.82, 2.24) is 0 Å². The SMILES string of the molecule is O=S1(=O)C[C@H](O)[C@H](Nc2ccc(Cl)cc2)C1. The average Bonchev–Trinajstić information content (AvgIpc) is 2.44. The van der Waals surface area contributed by atoms with Crippen molar-refractivity contribution in [3.63, 3.8) is 0 Å². The van der Waals surface area contributed by atoms with E-state index in [0.717, 1.165) is 5.69 Å². The number of hydrogen-bond acceptors (Lipinski definition) is 4. The van der Waals surface area contributed by atoms with Crippen LogP contribution in [0.3, 0.4) is 0 Å². The Hall–Kier alpha value is -0.780. The maximum atomic E-state index is 11.3. The quantitative estimate of drug-likeness (QED) is 0.831. The highest BCUT2D eigenvalue weighted by atomic mass is 35.5. The van der Waals surface area contributed by atoms with Gasteiger partial charge in [0.15, 0.2) is 9.84 Å².